The molecule has 0 saturated carbocycles. The van der Waals surface area contributed by atoms with Gasteiger partial charge in [-0.25, -0.2) is 4.52 Å². The maximum atomic E-state index is 11.7. The zero-order valence-electron chi connectivity index (χ0n) is 6.95. The van der Waals surface area contributed by atoms with Crippen LogP contribution in [0.15, 0.2) is 11.1 Å². The van der Waals surface area contributed by atoms with Gasteiger partial charge in [0.25, 0.3) is 0 Å². The van der Waals surface area contributed by atoms with Gasteiger partial charge in [0.15, 0.2) is 0 Å². The van der Waals surface area contributed by atoms with E-state index in [0.717, 1.165) is 30.5 Å². The Morgan fingerprint density at radius 2 is 2.38 bits per heavy atom. The van der Waals surface area contributed by atoms with Gasteiger partial charge in [0.1, 0.15) is 6.33 Å². The highest BCUT2D eigenvalue weighted by molar-refractivity contribution is 5.41. The van der Waals surface area contributed by atoms with Crippen LogP contribution in [0.1, 0.15) is 17.7 Å². The van der Waals surface area contributed by atoms with Crippen molar-refractivity contribution in [1.29, 1.82) is 0 Å². The van der Waals surface area contributed by atoms with E-state index in [0.29, 0.717) is 5.65 Å². The Hall–Kier alpha value is -1.65. The largest absolute Gasteiger partial charge is 0.295 e. The number of hydrogen-bond donors (Lipinski definition) is 1. The van der Waals surface area contributed by atoms with E-state index >= 15 is 0 Å². The molecule has 13 heavy (non-hydrogen) atoms. The van der Waals surface area contributed by atoms with Gasteiger partial charge in [0, 0.05) is 11.3 Å². The van der Waals surface area contributed by atoms with Crippen molar-refractivity contribution in [1.82, 2.24) is 19.8 Å². The van der Waals surface area contributed by atoms with Gasteiger partial charge in [-0.2, -0.15) is 0 Å². The maximum Gasteiger partial charge on any atom is 0.229 e. The molecule has 0 atom stereocenters. The monoisotopic (exact) mass is 176 g/mol. The SMILES string of the molecule is O=c1c2c([nH]n3cnnc13)CCC2. The number of hydrogen-bond acceptors (Lipinski definition) is 3. The summed E-state index contributed by atoms with van der Waals surface area (Å²) in [4.78, 5) is 11.7. The lowest BCUT2D eigenvalue weighted by Crippen LogP contribution is -2.14. The van der Waals surface area contributed by atoms with Crippen LogP contribution in [-0.4, -0.2) is 19.8 Å². The molecule has 1 aliphatic carbocycles. The highest BCUT2D eigenvalue weighted by atomic mass is 16.1. The molecule has 5 nitrogen and oxygen atoms in total. The van der Waals surface area contributed by atoms with E-state index in [9.17, 15) is 4.79 Å². The molecule has 0 bridgehead atoms. The first-order valence-corrected chi connectivity index (χ1v) is 4.30. The third-order valence-electron chi connectivity index (χ3n) is 2.50. The number of aryl methyl sites for hydroxylation is 1. The number of nitrogens with one attached hydrogen (secondary N) is 1. The standard InChI is InChI=1S/C8H8N4O/c13-7-5-2-1-3-6(5)11-12-4-9-10-8(7)12/h4,11H,1-3H2. The summed E-state index contributed by atoms with van der Waals surface area (Å²) in [6.07, 6.45) is 4.41. The minimum atomic E-state index is 0.0313. The second-order valence-corrected chi connectivity index (χ2v) is 3.28. The summed E-state index contributed by atoms with van der Waals surface area (Å²) in [7, 11) is 0. The fourth-order valence-electron chi connectivity index (χ4n) is 1.87. The first kappa shape index (κ1) is 6.82. The molecule has 0 aromatic carbocycles. The summed E-state index contributed by atoms with van der Waals surface area (Å²) in [5, 5.41) is 10.6. The third-order valence-corrected chi connectivity index (χ3v) is 2.50. The number of nitrogens with zero attached hydrogens (tertiary/aromatic N) is 3. The second kappa shape index (κ2) is 2.18. The van der Waals surface area contributed by atoms with Crippen molar-refractivity contribution in [3.05, 3.63) is 27.8 Å². The molecule has 0 saturated heterocycles. The molecule has 0 unspecified atom stereocenters. The molecule has 2 heterocycles. The molecule has 66 valence electrons. The first-order valence-electron chi connectivity index (χ1n) is 4.30. The second-order valence-electron chi connectivity index (χ2n) is 3.28. The predicted molar refractivity (Wildman–Crippen MR) is 45.6 cm³/mol. The Labute approximate surface area is 73.4 Å². The van der Waals surface area contributed by atoms with Crippen molar-refractivity contribution in [2.75, 3.05) is 0 Å². The summed E-state index contributed by atoms with van der Waals surface area (Å²) in [5.41, 5.74) is 2.36. The van der Waals surface area contributed by atoms with E-state index in [2.05, 4.69) is 15.3 Å². The molecule has 0 fully saturated rings. The summed E-state index contributed by atoms with van der Waals surface area (Å²) in [6.45, 7) is 0. The smallest absolute Gasteiger partial charge is 0.229 e. The van der Waals surface area contributed by atoms with E-state index in [-0.39, 0.29) is 5.43 Å². The molecule has 1 N–H and O–H groups in total. The van der Waals surface area contributed by atoms with Crippen molar-refractivity contribution >= 4 is 5.65 Å². The molecular formula is C8H8N4O. The van der Waals surface area contributed by atoms with Crippen LogP contribution in [0.3, 0.4) is 0 Å². The van der Waals surface area contributed by atoms with Gasteiger partial charge in [-0.05, 0) is 19.3 Å². The zero-order chi connectivity index (χ0) is 8.84. The Morgan fingerprint density at radius 3 is 3.31 bits per heavy atom. The minimum Gasteiger partial charge on any atom is -0.295 e. The third kappa shape index (κ3) is 0.783. The number of fused-ring (bicyclic) bond motifs is 2. The van der Waals surface area contributed by atoms with Crippen LogP contribution in [0.25, 0.3) is 5.65 Å². The van der Waals surface area contributed by atoms with E-state index in [1.807, 2.05) is 0 Å². The molecule has 0 spiro atoms. The van der Waals surface area contributed by atoms with Gasteiger partial charge in [-0.3, -0.25) is 9.89 Å². The van der Waals surface area contributed by atoms with Crippen molar-refractivity contribution < 1.29 is 0 Å². The highest BCUT2D eigenvalue weighted by Gasteiger charge is 2.17. The molecule has 1 aliphatic rings. The summed E-state index contributed by atoms with van der Waals surface area (Å²) in [6, 6.07) is 0. The molecular weight excluding hydrogens is 168 g/mol. The van der Waals surface area contributed by atoms with Crippen LogP contribution in [0.5, 0.6) is 0 Å². The summed E-state index contributed by atoms with van der Waals surface area (Å²) in [5.74, 6) is 0. The average molecular weight is 176 g/mol. The maximum absolute atomic E-state index is 11.7. The van der Waals surface area contributed by atoms with Crippen molar-refractivity contribution in [3.8, 4) is 0 Å². The number of rotatable bonds is 0. The normalized spacial score (nSPS) is 15.1. The van der Waals surface area contributed by atoms with Gasteiger partial charge in [0.05, 0.1) is 0 Å². The average Bonchev–Trinajstić information content (AvgIpc) is 2.71. The van der Waals surface area contributed by atoms with E-state index in [1.54, 1.807) is 4.52 Å². The van der Waals surface area contributed by atoms with Crippen molar-refractivity contribution in [2.24, 2.45) is 0 Å². The number of aromatic nitrogens is 4. The lowest BCUT2D eigenvalue weighted by molar-refractivity contribution is 0.843. The molecule has 2 aromatic rings. The molecule has 2 aromatic heterocycles. The van der Waals surface area contributed by atoms with Gasteiger partial charge in [-0.1, -0.05) is 0 Å². The number of aromatic amines is 1. The van der Waals surface area contributed by atoms with Crippen LogP contribution in [0.4, 0.5) is 0 Å². The summed E-state index contributed by atoms with van der Waals surface area (Å²) >= 11 is 0. The lowest BCUT2D eigenvalue weighted by atomic mass is 10.2. The van der Waals surface area contributed by atoms with Gasteiger partial charge in [-0.15, -0.1) is 10.2 Å². The van der Waals surface area contributed by atoms with E-state index < -0.39 is 0 Å². The van der Waals surface area contributed by atoms with Gasteiger partial charge < -0.3 is 0 Å². The van der Waals surface area contributed by atoms with Crippen LogP contribution in [-0.2, 0) is 12.8 Å². The highest BCUT2D eigenvalue weighted by Crippen LogP contribution is 2.15. The van der Waals surface area contributed by atoms with Gasteiger partial charge >= 0.3 is 0 Å². The van der Waals surface area contributed by atoms with Crippen LogP contribution < -0.4 is 5.43 Å². The van der Waals surface area contributed by atoms with E-state index in [4.69, 9.17) is 0 Å². The molecule has 3 rings (SSSR count). The van der Waals surface area contributed by atoms with Crippen LogP contribution >= 0.6 is 0 Å². The molecule has 0 amide bonds. The Balaban J connectivity index is 2.53. The molecule has 5 heteroatoms. The van der Waals surface area contributed by atoms with Crippen molar-refractivity contribution in [3.63, 3.8) is 0 Å². The number of H-pyrrole nitrogens is 1. The molecule has 0 radical (unpaired) electrons. The Bertz CT molecular complexity index is 524. The fourth-order valence-corrected chi connectivity index (χ4v) is 1.87. The zero-order valence-corrected chi connectivity index (χ0v) is 6.95. The quantitative estimate of drug-likeness (QED) is 0.610. The minimum absolute atomic E-state index is 0.0313. The Morgan fingerprint density at radius 1 is 1.46 bits per heavy atom. The lowest BCUT2D eigenvalue weighted by Gasteiger charge is -1.98. The topological polar surface area (TPSA) is 63.0 Å². The van der Waals surface area contributed by atoms with E-state index in [1.165, 1.54) is 6.33 Å². The fraction of sp³-hybridized carbons (Fsp3) is 0.375. The van der Waals surface area contributed by atoms with Crippen LogP contribution in [0.2, 0.25) is 0 Å². The van der Waals surface area contributed by atoms with Crippen molar-refractivity contribution in [2.45, 2.75) is 19.3 Å². The van der Waals surface area contributed by atoms with Gasteiger partial charge in [0.2, 0.25) is 11.1 Å². The molecule has 0 aliphatic heterocycles. The summed E-state index contributed by atoms with van der Waals surface area (Å²) < 4.78 is 1.59. The van der Waals surface area contributed by atoms with Crippen LogP contribution in [0, 0.1) is 0 Å². The first-order chi connectivity index (χ1) is 6.36. The predicted octanol–water partition coefficient (Wildman–Crippen LogP) is -0.0937. The Kier molecular flexibility index (Phi) is 1.15.